The molecule has 4 aromatic rings. The molecule has 0 unspecified atom stereocenters. The molecular formula is C25H21ClN6O. The maximum absolute atomic E-state index is 13.1. The van der Waals surface area contributed by atoms with Crippen LogP contribution in [0.5, 0.6) is 0 Å². The summed E-state index contributed by atoms with van der Waals surface area (Å²) in [5, 5.41) is 14.3. The van der Waals surface area contributed by atoms with Crippen LogP contribution < -0.4 is 10.2 Å². The molecule has 4 rings (SSSR count). The summed E-state index contributed by atoms with van der Waals surface area (Å²) in [6, 6.07) is 16.9. The van der Waals surface area contributed by atoms with E-state index in [-0.39, 0.29) is 5.91 Å². The summed E-state index contributed by atoms with van der Waals surface area (Å²) in [4.78, 5) is 25.2. The van der Waals surface area contributed by atoms with Gasteiger partial charge in [-0.25, -0.2) is 0 Å². The number of carbonyl (C=O) groups is 1. The number of benzene rings is 2. The van der Waals surface area contributed by atoms with Crippen molar-refractivity contribution in [1.82, 2.24) is 14.9 Å². The summed E-state index contributed by atoms with van der Waals surface area (Å²) < 4.78 is 0. The number of nitriles is 1. The van der Waals surface area contributed by atoms with Crippen LogP contribution in [0.25, 0.3) is 10.9 Å². The minimum Gasteiger partial charge on any atom is -0.354 e. The molecule has 0 fully saturated rings. The van der Waals surface area contributed by atoms with E-state index in [4.69, 9.17) is 11.6 Å². The van der Waals surface area contributed by atoms with E-state index in [0.717, 1.165) is 17.1 Å². The number of hydrogen-bond donors (Lipinski definition) is 1. The molecule has 0 bridgehead atoms. The molecule has 0 aliphatic heterocycles. The van der Waals surface area contributed by atoms with Gasteiger partial charge in [0, 0.05) is 55.3 Å². The minimum atomic E-state index is -0.188. The fourth-order valence-corrected chi connectivity index (χ4v) is 3.71. The summed E-state index contributed by atoms with van der Waals surface area (Å²) in [6.07, 6.45) is 4.92. The number of rotatable bonds is 5. The molecule has 33 heavy (non-hydrogen) atoms. The molecule has 2 aromatic carbocycles. The highest BCUT2D eigenvalue weighted by Crippen LogP contribution is 2.36. The normalized spacial score (nSPS) is 10.5. The van der Waals surface area contributed by atoms with Gasteiger partial charge in [-0.1, -0.05) is 17.7 Å². The number of carbonyl (C=O) groups excluding carboxylic acids is 1. The molecular weight excluding hydrogens is 436 g/mol. The van der Waals surface area contributed by atoms with Crippen LogP contribution in [0.1, 0.15) is 15.9 Å². The third kappa shape index (κ3) is 4.43. The predicted octanol–water partition coefficient (Wildman–Crippen LogP) is 5.37. The van der Waals surface area contributed by atoms with Crippen LogP contribution in [-0.4, -0.2) is 41.9 Å². The van der Waals surface area contributed by atoms with Crippen molar-refractivity contribution in [3.05, 3.63) is 83.3 Å². The zero-order valence-corrected chi connectivity index (χ0v) is 19.1. The van der Waals surface area contributed by atoms with E-state index in [0.29, 0.717) is 32.7 Å². The van der Waals surface area contributed by atoms with Crippen LogP contribution in [0.4, 0.5) is 22.7 Å². The number of hydrogen-bond acceptors (Lipinski definition) is 6. The Balaban J connectivity index is 1.99. The number of amides is 1. The SMILES string of the molecule is CN(C)C(=O)c1cc(N(C)c2cccnc2)cc2c(Nc3cccc(Cl)c3)c(C#N)cnc12. The number of halogens is 1. The second-order valence-electron chi connectivity index (χ2n) is 7.65. The molecule has 0 spiro atoms. The van der Waals surface area contributed by atoms with Crippen LogP contribution in [0.2, 0.25) is 5.02 Å². The molecule has 8 heteroatoms. The Labute approximate surface area is 196 Å². The summed E-state index contributed by atoms with van der Waals surface area (Å²) >= 11 is 6.16. The molecule has 0 aliphatic carbocycles. The first kappa shape index (κ1) is 22.1. The van der Waals surface area contributed by atoms with Crippen molar-refractivity contribution >= 4 is 51.2 Å². The second kappa shape index (κ2) is 9.15. The summed E-state index contributed by atoms with van der Waals surface area (Å²) in [5.41, 5.74) is 4.17. The molecule has 1 N–H and O–H groups in total. The van der Waals surface area contributed by atoms with Gasteiger partial charge in [0.1, 0.15) is 6.07 Å². The van der Waals surface area contributed by atoms with Crippen molar-refractivity contribution < 1.29 is 4.79 Å². The summed E-state index contributed by atoms with van der Waals surface area (Å²) in [6.45, 7) is 0. The standard InChI is InChI=1S/C25H21ClN6O/c1-31(2)25(33)22-12-20(32(3)19-8-5-9-28-15-19)11-21-23(16(13-27)14-29-24(21)22)30-18-7-4-6-17(26)10-18/h4-12,14-15H,1-3H3,(H,29,30). The first-order chi connectivity index (χ1) is 15.9. The quantitative estimate of drug-likeness (QED) is 0.434. The molecule has 0 radical (unpaired) electrons. The maximum Gasteiger partial charge on any atom is 0.255 e. The Hall–Kier alpha value is -4.15. The Morgan fingerprint density at radius 3 is 2.55 bits per heavy atom. The minimum absolute atomic E-state index is 0.188. The molecule has 0 saturated heterocycles. The highest BCUT2D eigenvalue weighted by Gasteiger charge is 2.20. The Bertz CT molecular complexity index is 1380. The molecule has 7 nitrogen and oxygen atoms in total. The van der Waals surface area contributed by atoms with Crippen LogP contribution in [0, 0.1) is 11.3 Å². The van der Waals surface area contributed by atoms with Gasteiger partial charge in [-0.3, -0.25) is 14.8 Å². The van der Waals surface area contributed by atoms with Crippen molar-refractivity contribution in [3.8, 4) is 6.07 Å². The highest BCUT2D eigenvalue weighted by atomic mass is 35.5. The third-order valence-corrected chi connectivity index (χ3v) is 5.46. The number of pyridine rings is 2. The zero-order chi connectivity index (χ0) is 23.5. The van der Waals surface area contributed by atoms with Crippen molar-refractivity contribution in [2.24, 2.45) is 0 Å². The van der Waals surface area contributed by atoms with E-state index in [2.05, 4.69) is 21.4 Å². The Morgan fingerprint density at radius 2 is 1.88 bits per heavy atom. The van der Waals surface area contributed by atoms with Gasteiger partial charge in [-0.05, 0) is 42.5 Å². The first-order valence-electron chi connectivity index (χ1n) is 10.1. The Kier molecular flexibility index (Phi) is 6.11. The average molecular weight is 457 g/mol. The lowest BCUT2D eigenvalue weighted by Gasteiger charge is -2.22. The number of nitrogens with one attached hydrogen (secondary N) is 1. The number of fused-ring (bicyclic) bond motifs is 1. The molecule has 1 amide bonds. The van der Waals surface area contributed by atoms with Crippen LogP contribution >= 0.6 is 11.6 Å². The van der Waals surface area contributed by atoms with E-state index in [9.17, 15) is 10.1 Å². The van der Waals surface area contributed by atoms with Gasteiger partial charge in [0.15, 0.2) is 0 Å². The summed E-state index contributed by atoms with van der Waals surface area (Å²) in [7, 11) is 5.29. The first-order valence-corrected chi connectivity index (χ1v) is 10.5. The fraction of sp³-hybridized carbons (Fsp3) is 0.120. The molecule has 164 valence electrons. The van der Waals surface area contributed by atoms with Crippen LogP contribution in [0.3, 0.4) is 0 Å². The van der Waals surface area contributed by atoms with Crippen LogP contribution in [-0.2, 0) is 0 Å². The molecule has 2 aromatic heterocycles. The smallest absolute Gasteiger partial charge is 0.255 e. The zero-order valence-electron chi connectivity index (χ0n) is 18.4. The van der Waals surface area contributed by atoms with Gasteiger partial charge in [0.05, 0.1) is 34.2 Å². The Morgan fingerprint density at radius 1 is 1.06 bits per heavy atom. The van der Waals surface area contributed by atoms with Crippen LogP contribution in [0.15, 0.2) is 67.1 Å². The largest absolute Gasteiger partial charge is 0.354 e. The number of anilines is 4. The van der Waals surface area contributed by atoms with E-state index < -0.39 is 0 Å². The van der Waals surface area contributed by atoms with Gasteiger partial charge in [0.2, 0.25) is 0 Å². The van der Waals surface area contributed by atoms with Crippen molar-refractivity contribution in [2.75, 3.05) is 31.4 Å². The van der Waals surface area contributed by atoms with Crippen molar-refractivity contribution in [3.63, 3.8) is 0 Å². The lowest BCUT2D eigenvalue weighted by Crippen LogP contribution is -2.23. The van der Waals surface area contributed by atoms with Crippen molar-refractivity contribution in [1.29, 1.82) is 5.26 Å². The third-order valence-electron chi connectivity index (χ3n) is 5.23. The topological polar surface area (TPSA) is 85.2 Å². The highest BCUT2D eigenvalue weighted by molar-refractivity contribution is 6.30. The van der Waals surface area contributed by atoms with Gasteiger partial charge in [-0.15, -0.1) is 0 Å². The molecule has 0 aliphatic rings. The molecule has 0 saturated carbocycles. The van der Waals surface area contributed by atoms with Gasteiger partial charge in [-0.2, -0.15) is 5.26 Å². The molecule has 0 atom stereocenters. The van der Waals surface area contributed by atoms with Crippen molar-refractivity contribution in [2.45, 2.75) is 0 Å². The van der Waals surface area contributed by atoms with E-state index in [1.165, 1.54) is 11.1 Å². The lowest BCUT2D eigenvalue weighted by molar-refractivity contribution is 0.0829. The number of aromatic nitrogens is 2. The number of nitrogens with zero attached hydrogens (tertiary/aromatic N) is 5. The van der Waals surface area contributed by atoms with Gasteiger partial charge >= 0.3 is 0 Å². The molecule has 2 heterocycles. The van der Waals surface area contributed by atoms with E-state index >= 15 is 0 Å². The van der Waals surface area contributed by atoms with Gasteiger partial charge < -0.3 is 15.1 Å². The maximum atomic E-state index is 13.1. The monoisotopic (exact) mass is 456 g/mol. The van der Waals surface area contributed by atoms with E-state index in [1.807, 2.05) is 42.3 Å². The average Bonchev–Trinajstić information content (AvgIpc) is 2.83. The van der Waals surface area contributed by atoms with E-state index in [1.54, 1.807) is 44.7 Å². The summed E-state index contributed by atoms with van der Waals surface area (Å²) in [5.74, 6) is -0.188. The fourth-order valence-electron chi connectivity index (χ4n) is 3.52. The predicted molar refractivity (Wildman–Crippen MR) is 132 cm³/mol. The lowest BCUT2D eigenvalue weighted by atomic mass is 10.0. The second-order valence-corrected chi connectivity index (χ2v) is 8.09. The van der Waals surface area contributed by atoms with Gasteiger partial charge in [0.25, 0.3) is 5.91 Å².